The van der Waals surface area contributed by atoms with Gasteiger partial charge in [0.25, 0.3) is 0 Å². The second kappa shape index (κ2) is 6.00. The summed E-state index contributed by atoms with van der Waals surface area (Å²) >= 11 is 0. The third kappa shape index (κ3) is 3.53. The van der Waals surface area contributed by atoms with Crippen LogP contribution in [0.5, 0.6) is 5.75 Å². The van der Waals surface area contributed by atoms with Crippen LogP contribution in [0, 0.1) is 5.82 Å². The highest BCUT2D eigenvalue weighted by atomic mass is 19.3. The molecule has 1 fully saturated rings. The summed E-state index contributed by atoms with van der Waals surface area (Å²) in [5.74, 6) is -1.58. The Morgan fingerprint density at radius 2 is 2.25 bits per heavy atom. The number of halogens is 3. The van der Waals surface area contributed by atoms with Gasteiger partial charge in [-0.05, 0) is 18.6 Å². The summed E-state index contributed by atoms with van der Waals surface area (Å²) in [6.45, 7) is -2.50. The number of rotatable bonds is 3. The number of ether oxygens (including phenoxy) is 1. The Morgan fingerprint density at radius 3 is 2.80 bits per heavy atom. The van der Waals surface area contributed by atoms with Crippen molar-refractivity contribution in [2.75, 3.05) is 18.4 Å². The molecule has 1 aliphatic heterocycles. The number of hydrogen-bond donors (Lipinski definition) is 2. The number of anilines is 1. The van der Waals surface area contributed by atoms with E-state index in [2.05, 4.69) is 10.1 Å². The van der Waals surface area contributed by atoms with Crippen LogP contribution in [0.4, 0.5) is 23.7 Å². The summed E-state index contributed by atoms with van der Waals surface area (Å²) in [6.07, 6.45) is -0.0672. The van der Waals surface area contributed by atoms with E-state index in [0.29, 0.717) is 13.0 Å². The number of aliphatic hydroxyl groups is 1. The van der Waals surface area contributed by atoms with Gasteiger partial charge < -0.3 is 20.1 Å². The van der Waals surface area contributed by atoms with Crippen LogP contribution in [0.15, 0.2) is 18.2 Å². The van der Waals surface area contributed by atoms with Crippen molar-refractivity contribution in [2.45, 2.75) is 19.1 Å². The molecule has 0 saturated carbocycles. The number of carbonyl (C=O) groups is 1. The van der Waals surface area contributed by atoms with Crippen molar-refractivity contribution in [3.63, 3.8) is 0 Å². The SMILES string of the molecule is O=C(Nc1ccc(OC(F)F)c(F)c1)N1CC[C@@H](O)C1. The average Bonchev–Trinajstić information content (AvgIpc) is 2.79. The quantitative estimate of drug-likeness (QED) is 0.895. The van der Waals surface area contributed by atoms with E-state index in [0.717, 1.165) is 12.1 Å². The predicted octanol–water partition coefficient (Wildman–Crippen LogP) is 2.03. The number of carbonyl (C=O) groups excluding carboxylic acids is 1. The topological polar surface area (TPSA) is 61.8 Å². The zero-order valence-electron chi connectivity index (χ0n) is 10.4. The number of benzene rings is 1. The molecule has 1 aromatic rings. The van der Waals surface area contributed by atoms with Crippen LogP contribution in [-0.2, 0) is 0 Å². The molecule has 20 heavy (non-hydrogen) atoms. The highest BCUT2D eigenvalue weighted by Crippen LogP contribution is 2.23. The summed E-state index contributed by atoms with van der Waals surface area (Å²) in [5.41, 5.74) is 0.121. The van der Waals surface area contributed by atoms with Crippen molar-refractivity contribution in [1.82, 2.24) is 4.90 Å². The molecule has 5 nitrogen and oxygen atoms in total. The third-order valence-electron chi connectivity index (χ3n) is 2.85. The number of likely N-dealkylation sites (tertiary alicyclic amines) is 1. The molecule has 1 aromatic carbocycles. The van der Waals surface area contributed by atoms with Gasteiger partial charge in [0, 0.05) is 24.8 Å². The van der Waals surface area contributed by atoms with Gasteiger partial charge in [-0.1, -0.05) is 0 Å². The van der Waals surface area contributed by atoms with Crippen LogP contribution in [0.25, 0.3) is 0 Å². The van der Waals surface area contributed by atoms with E-state index in [1.807, 2.05) is 0 Å². The molecular weight excluding hydrogens is 277 g/mol. The molecule has 2 amide bonds. The van der Waals surface area contributed by atoms with Gasteiger partial charge in [-0.3, -0.25) is 0 Å². The Bertz CT molecular complexity index is 499. The number of hydrogen-bond acceptors (Lipinski definition) is 3. The molecule has 1 saturated heterocycles. The normalized spacial score (nSPS) is 18.4. The van der Waals surface area contributed by atoms with Gasteiger partial charge in [-0.2, -0.15) is 8.78 Å². The fourth-order valence-corrected chi connectivity index (χ4v) is 1.90. The second-order valence-corrected chi connectivity index (χ2v) is 4.34. The minimum absolute atomic E-state index is 0.121. The average molecular weight is 290 g/mol. The van der Waals surface area contributed by atoms with Crippen LogP contribution in [0.3, 0.4) is 0 Å². The number of nitrogens with zero attached hydrogens (tertiary/aromatic N) is 1. The van der Waals surface area contributed by atoms with Crippen molar-refractivity contribution < 1.29 is 27.8 Å². The highest BCUT2D eigenvalue weighted by Gasteiger charge is 2.24. The van der Waals surface area contributed by atoms with Crippen molar-refractivity contribution in [3.05, 3.63) is 24.0 Å². The first-order valence-electron chi connectivity index (χ1n) is 5.94. The van der Waals surface area contributed by atoms with E-state index in [-0.39, 0.29) is 12.2 Å². The lowest BCUT2D eigenvalue weighted by Crippen LogP contribution is -2.33. The van der Waals surface area contributed by atoms with Gasteiger partial charge in [0.15, 0.2) is 11.6 Å². The van der Waals surface area contributed by atoms with Crippen LogP contribution in [0.2, 0.25) is 0 Å². The Labute approximate surface area is 112 Å². The maximum Gasteiger partial charge on any atom is 0.387 e. The molecule has 0 spiro atoms. The van der Waals surface area contributed by atoms with Crippen LogP contribution in [-0.4, -0.2) is 41.8 Å². The summed E-state index contributed by atoms with van der Waals surface area (Å²) in [4.78, 5) is 13.1. The highest BCUT2D eigenvalue weighted by molar-refractivity contribution is 5.89. The van der Waals surface area contributed by atoms with Crippen molar-refractivity contribution in [2.24, 2.45) is 0 Å². The number of amides is 2. The standard InChI is InChI=1S/C12H13F3N2O3/c13-9-5-7(1-2-10(9)20-11(14)15)16-12(19)17-4-3-8(18)6-17/h1-2,5,8,11,18H,3-4,6H2,(H,16,19)/t8-/m1/s1. The van der Waals surface area contributed by atoms with Crippen LogP contribution < -0.4 is 10.1 Å². The fourth-order valence-electron chi connectivity index (χ4n) is 1.90. The van der Waals surface area contributed by atoms with E-state index in [4.69, 9.17) is 0 Å². The first kappa shape index (κ1) is 14.4. The minimum atomic E-state index is -3.11. The Hall–Kier alpha value is -1.96. The molecule has 0 aliphatic carbocycles. The third-order valence-corrected chi connectivity index (χ3v) is 2.85. The van der Waals surface area contributed by atoms with Gasteiger partial charge >= 0.3 is 12.6 Å². The molecule has 0 radical (unpaired) electrons. The molecule has 8 heteroatoms. The Morgan fingerprint density at radius 1 is 1.50 bits per heavy atom. The maximum absolute atomic E-state index is 13.4. The van der Waals surface area contributed by atoms with E-state index in [1.165, 1.54) is 11.0 Å². The van der Waals surface area contributed by atoms with Gasteiger partial charge in [0.2, 0.25) is 0 Å². The van der Waals surface area contributed by atoms with Gasteiger partial charge in [0.05, 0.1) is 6.10 Å². The number of β-amino-alcohol motifs (C(OH)–C–C–N with tert-alkyl or cyclic N) is 1. The maximum atomic E-state index is 13.4. The monoisotopic (exact) mass is 290 g/mol. The summed E-state index contributed by atoms with van der Waals surface area (Å²) in [6, 6.07) is 2.67. The number of nitrogens with one attached hydrogen (secondary N) is 1. The lowest BCUT2D eigenvalue weighted by Gasteiger charge is -2.16. The molecule has 1 aliphatic rings. The zero-order chi connectivity index (χ0) is 14.7. The van der Waals surface area contributed by atoms with E-state index in [1.54, 1.807) is 0 Å². The van der Waals surface area contributed by atoms with E-state index in [9.17, 15) is 23.1 Å². The van der Waals surface area contributed by atoms with E-state index < -0.39 is 30.3 Å². The number of alkyl halides is 2. The van der Waals surface area contributed by atoms with Gasteiger partial charge in [0.1, 0.15) is 0 Å². The van der Waals surface area contributed by atoms with Gasteiger partial charge in [-0.15, -0.1) is 0 Å². The Kier molecular flexibility index (Phi) is 4.33. The number of aliphatic hydroxyl groups excluding tert-OH is 1. The fraction of sp³-hybridized carbons (Fsp3) is 0.417. The summed E-state index contributed by atoms with van der Waals surface area (Å²) in [7, 11) is 0. The molecular formula is C12H13F3N2O3. The van der Waals surface area contributed by atoms with Crippen molar-refractivity contribution >= 4 is 11.7 Å². The van der Waals surface area contributed by atoms with Gasteiger partial charge in [-0.25, -0.2) is 9.18 Å². The predicted molar refractivity (Wildman–Crippen MR) is 64.2 cm³/mol. The van der Waals surface area contributed by atoms with Crippen molar-refractivity contribution in [1.29, 1.82) is 0 Å². The first-order valence-corrected chi connectivity index (χ1v) is 5.94. The second-order valence-electron chi connectivity index (χ2n) is 4.34. The number of urea groups is 1. The lowest BCUT2D eigenvalue weighted by molar-refractivity contribution is -0.0521. The molecule has 1 heterocycles. The summed E-state index contributed by atoms with van der Waals surface area (Å²) in [5, 5.41) is 11.7. The molecule has 2 N–H and O–H groups in total. The lowest BCUT2D eigenvalue weighted by atomic mass is 10.3. The largest absolute Gasteiger partial charge is 0.432 e. The van der Waals surface area contributed by atoms with Crippen LogP contribution in [0.1, 0.15) is 6.42 Å². The molecule has 2 rings (SSSR count). The molecule has 1 atom stereocenters. The zero-order valence-corrected chi connectivity index (χ0v) is 10.4. The minimum Gasteiger partial charge on any atom is -0.432 e. The smallest absolute Gasteiger partial charge is 0.387 e. The van der Waals surface area contributed by atoms with E-state index >= 15 is 0 Å². The molecule has 110 valence electrons. The molecule has 0 bridgehead atoms. The Balaban J connectivity index is 1.99. The van der Waals surface area contributed by atoms with Crippen molar-refractivity contribution in [3.8, 4) is 5.75 Å². The first-order chi connectivity index (χ1) is 9.45. The summed E-state index contributed by atoms with van der Waals surface area (Å²) < 4.78 is 41.3. The molecule has 0 aromatic heterocycles. The molecule has 0 unspecified atom stereocenters. The van der Waals surface area contributed by atoms with Crippen LogP contribution >= 0.6 is 0 Å².